The summed E-state index contributed by atoms with van der Waals surface area (Å²) in [6, 6.07) is 8.30. The highest BCUT2D eigenvalue weighted by Crippen LogP contribution is 2.40. The first-order valence-electron chi connectivity index (χ1n) is 11.8. The zero-order valence-electron chi connectivity index (χ0n) is 19.3. The van der Waals surface area contributed by atoms with Crippen LogP contribution in [-0.2, 0) is 0 Å². The predicted molar refractivity (Wildman–Crippen MR) is 121 cm³/mol. The SMILES string of the molecule is CC(CN1CC2CCC(C1)C2N(C)C(=O)NCC1CC1)N(Oc1ccc(C#N)cc1)C(=O)O. The summed E-state index contributed by atoms with van der Waals surface area (Å²) in [6.07, 6.45) is 3.45. The lowest BCUT2D eigenvalue weighted by Crippen LogP contribution is -2.57. The largest absolute Gasteiger partial charge is 0.463 e. The van der Waals surface area contributed by atoms with Crippen LogP contribution in [0, 0.1) is 29.1 Å². The first kappa shape index (κ1) is 23.2. The average molecular weight is 456 g/mol. The van der Waals surface area contributed by atoms with Crippen LogP contribution in [0.4, 0.5) is 9.59 Å². The molecule has 0 aromatic heterocycles. The van der Waals surface area contributed by atoms with Crippen LogP contribution in [0.1, 0.15) is 38.2 Å². The van der Waals surface area contributed by atoms with Gasteiger partial charge in [-0.15, -0.1) is 5.06 Å². The Hall–Kier alpha value is -2.99. The van der Waals surface area contributed by atoms with E-state index in [1.54, 1.807) is 24.3 Å². The maximum atomic E-state index is 12.6. The number of rotatable bonds is 8. The number of fused-ring (bicyclic) bond motifs is 2. The van der Waals surface area contributed by atoms with Crippen LogP contribution in [0.15, 0.2) is 24.3 Å². The van der Waals surface area contributed by atoms with Gasteiger partial charge in [0.1, 0.15) is 0 Å². The number of nitriles is 1. The zero-order valence-corrected chi connectivity index (χ0v) is 19.3. The monoisotopic (exact) mass is 455 g/mol. The Morgan fingerprint density at radius 2 is 1.85 bits per heavy atom. The lowest BCUT2D eigenvalue weighted by atomic mass is 9.91. The molecule has 1 heterocycles. The molecule has 3 aliphatic rings. The van der Waals surface area contributed by atoms with Crippen molar-refractivity contribution in [3.05, 3.63) is 29.8 Å². The molecule has 4 rings (SSSR count). The van der Waals surface area contributed by atoms with Crippen LogP contribution < -0.4 is 10.2 Å². The summed E-state index contributed by atoms with van der Waals surface area (Å²) >= 11 is 0. The summed E-state index contributed by atoms with van der Waals surface area (Å²) in [4.78, 5) is 34.3. The number of carbonyl (C=O) groups excluding carboxylic acids is 1. The van der Waals surface area contributed by atoms with E-state index >= 15 is 0 Å². The third kappa shape index (κ3) is 5.50. The minimum atomic E-state index is -1.16. The van der Waals surface area contributed by atoms with Crippen LogP contribution >= 0.6 is 0 Å². The van der Waals surface area contributed by atoms with Crippen molar-refractivity contribution in [2.24, 2.45) is 17.8 Å². The lowest BCUT2D eigenvalue weighted by Gasteiger charge is -2.43. The van der Waals surface area contributed by atoms with Crippen LogP contribution in [0.2, 0.25) is 0 Å². The number of carboxylic acid groups (broad SMARTS) is 1. The van der Waals surface area contributed by atoms with E-state index in [2.05, 4.69) is 10.2 Å². The van der Waals surface area contributed by atoms with Crippen molar-refractivity contribution >= 4 is 12.1 Å². The molecule has 2 N–H and O–H groups in total. The van der Waals surface area contributed by atoms with Crippen molar-refractivity contribution in [2.45, 2.75) is 44.7 Å². The predicted octanol–water partition coefficient (Wildman–Crippen LogP) is 2.98. The number of nitrogens with zero attached hydrogens (tertiary/aromatic N) is 4. The minimum Gasteiger partial charge on any atom is -0.463 e. The van der Waals surface area contributed by atoms with Crippen molar-refractivity contribution in [1.82, 2.24) is 20.2 Å². The van der Waals surface area contributed by atoms with Crippen molar-refractivity contribution in [2.75, 3.05) is 33.2 Å². The Labute approximate surface area is 194 Å². The summed E-state index contributed by atoms with van der Waals surface area (Å²) < 4.78 is 0. The molecule has 33 heavy (non-hydrogen) atoms. The molecule has 1 aromatic rings. The minimum absolute atomic E-state index is 0.0264. The van der Waals surface area contributed by atoms with E-state index in [9.17, 15) is 14.7 Å². The van der Waals surface area contributed by atoms with Gasteiger partial charge in [0.15, 0.2) is 5.75 Å². The van der Waals surface area contributed by atoms with Gasteiger partial charge in [0.05, 0.1) is 17.7 Å². The van der Waals surface area contributed by atoms with Crippen molar-refractivity contribution in [3.63, 3.8) is 0 Å². The van der Waals surface area contributed by atoms with E-state index in [4.69, 9.17) is 10.1 Å². The van der Waals surface area contributed by atoms with Crippen molar-refractivity contribution in [3.8, 4) is 11.8 Å². The van der Waals surface area contributed by atoms with E-state index in [1.807, 2.05) is 24.9 Å². The third-order valence-electron chi connectivity index (χ3n) is 7.16. The summed E-state index contributed by atoms with van der Waals surface area (Å²) in [6.45, 7) is 4.86. The van der Waals surface area contributed by atoms with Crippen LogP contribution in [0.5, 0.6) is 5.75 Å². The normalized spacial score (nSPS) is 25.1. The smallest absolute Gasteiger partial charge is 0.441 e. The number of likely N-dealkylation sites (tertiary alicyclic amines) is 1. The number of nitrogens with one attached hydrogen (secondary N) is 1. The van der Waals surface area contributed by atoms with E-state index in [-0.39, 0.29) is 18.1 Å². The van der Waals surface area contributed by atoms with E-state index in [0.29, 0.717) is 35.6 Å². The van der Waals surface area contributed by atoms with Gasteiger partial charge in [-0.25, -0.2) is 9.59 Å². The zero-order chi connectivity index (χ0) is 23.5. The molecule has 3 unspecified atom stereocenters. The molecule has 9 heteroatoms. The first-order valence-corrected chi connectivity index (χ1v) is 11.8. The van der Waals surface area contributed by atoms with Crippen LogP contribution in [0.3, 0.4) is 0 Å². The molecule has 3 atom stereocenters. The molecule has 0 radical (unpaired) electrons. The highest BCUT2D eigenvalue weighted by molar-refractivity contribution is 5.74. The fraction of sp³-hybridized carbons (Fsp3) is 0.625. The quantitative estimate of drug-likeness (QED) is 0.584. The number of amides is 3. The Kier molecular flexibility index (Phi) is 6.94. The van der Waals surface area contributed by atoms with Crippen LogP contribution in [-0.4, -0.2) is 77.4 Å². The van der Waals surface area contributed by atoms with Gasteiger partial charge in [-0.05, 0) is 74.6 Å². The van der Waals surface area contributed by atoms with Gasteiger partial charge in [-0.2, -0.15) is 5.26 Å². The second kappa shape index (κ2) is 9.87. The van der Waals surface area contributed by atoms with Crippen LogP contribution in [0.25, 0.3) is 0 Å². The Bertz CT molecular complexity index is 883. The van der Waals surface area contributed by atoms with Crippen molar-refractivity contribution in [1.29, 1.82) is 5.26 Å². The molecule has 3 fully saturated rings. The van der Waals surface area contributed by atoms with Crippen molar-refractivity contribution < 1.29 is 19.5 Å². The second-order valence-electron chi connectivity index (χ2n) is 9.73. The van der Waals surface area contributed by atoms with E-state index in [1.165, 1.54) is 12.8 Å². The van der Waals surface area contributed by atoms with E-state index in [0.717, 1.165) is 37.5 Å². The van der Waals surface area contributed by atoms with Gasteiger partial charge in [-0.1, -0.05) is 0 Å². The number of hydrogen-bond donors (Lipinski definition) is 2. The maximum Gasteiger partial charge on any atom is 0.441 e. The van der Waals surface area contributed by atoms with Gasteiger partial charge in [0, 0.05) is 39.3 Å². The van der Waals surface area contributed by atoms with E-state index < -0.39 is 6.09 Å². The van der Waals surface area contributed by atoms with Gasteiger partial charge in [0.25, 0.3) is 0 Å². The number of piperidine rings is 1. The molecule has 1 aliphatic heterocycles. The number of hydroxylamine groups is 2. The number of carbonyl (C=O) groups is 2. The highest BCUT2D eigenvalue weighted by atomic mass is 16.7. The topological polar surface area (TPSA) is 109 Å². The maximum absolute atomic E-state index is 12.6. The molecule has 1 saturated heterocycles. The number of hydrogen-bond acceptors (Lipinski definition) is 5. The van der Waals surface area contributed by atoms with Gasteiger partial charge >= 0.3 is 12.1 Å². The molecule has 1 aromatic carbocycles. The summed E-state index contributed by atoms with van der Waals surface area (Å²) in [7, 11) is 1.91. The standard InChI is InChI=1S/C24H33N5O4/c1-16(29(24(31)32)33-21-9-5-17(11-25)6-10-21)13-28-14-19-7-8-20(15-28)22(19)27(2)23(30)26-12-18-3-4-18/h5-6,9-10,16,18-20,22H,3-4,7-8,12-15H2,1-2H3,(H,26,30)(H,31,32). The molecule has 2 aliphatic carbocycles. The van der Waals surface area contributed by atoms with Gasteiger partial charge in [-0.3, -0.25) is 0 Å². The molecule has 2 saturated carbocycles. The fourth-order valence-electron chi connectivity index (χ4n) is 5.36. The molecular formula is C24H33N5O4. The molecular weight excluding hydrogens is 422 g/mol. The fourth-order valence-corrected chi connectivity index (χ4v) is 5.36. The second-order valence-corrected chi connectivity index (χ2v) is 9.73. The first-order chi connectivity index (χ1) is 15.9. The number of urea groups is 1. The van der Waals surface area contributed by atoms with Gasteiger partial charge in [0.2, 0.25) is 0 Å². The number of benzene rings is 1. The highest BCUT2D eigenvalue weighted by Gasteiger charge is 2.45. The Balaban J connectivity index is 1.32. The molecule has 2 bridgehead atoms. The molecule has 0 spiro atoms. The summed E-state index contributed by atoms with van der Waals surface area (Å²) in [5, 5.41) is 22.7. The average Bonchev–Trinajstić information content (AvgIpc) is 3.59. The molecule has 9 nitrogen and oxygen atoms in total. The summed E-state index contributed by atoms with van der Waals surface area (Å²) in [5.74, 6) is 1.82. The summed E-state index contributed by atoms with van der Waals surface area (Å²) in [5.41, 5.74) is 0.488. The third-order valence-corrected chi connectivity index (χ3v) is 7.16. The lowest BCUT2D eigenvalue weighted by molar-refractivity contribution is -0.0747. The Morgan fingerprint density at radius 1 is 1.21 bits per heavy atom. The molecule has 178 valence electrons. The van der Waals surface area contributed by atoms with Gasteiger partial charge < -0.3 is 25.1 Å². The Morgan fingerprint density at radius 3 is 2.39 bits per heavy atom. The molecule has 3 amide bonds.